The topological polar surface area (TPSA) is 32.3 Å². The van der Waals surface area contributed by atoms with Gasteiger partial charge < -0.3 is 10.2 Å². The van der Waals surface area contributed by atoms with E-state index in [9.17, 15) is 4.79 Å². The molecule has 0 aliphatic carbocycles. The van der Waals surface area contributed by atoms with E-state index in [0.29, 0.717) is 5.41 Å². The zero-order valence-corrected chi connectivity index (χ0v) is 12.8. The van der Waals surface area contributed by atoms with Crippen molar-refractivity contribution in [2.24, 2.45) is 5.41 Å². The highest BCUT2D eigenvalue weighted by Gasteiger charge is 2.37. The van der Waals surface area contributed by atoms with Gasteiger partial charge in [-0.1, -0.05) is 33.6 Å². The fraction of sp³-hybridized carbons (Fsp3) is 0.933. The number of hydrogen-bond donors (Lipinski definition) is 1. The Labute approximate surface area is 112 Å². The van der Waals surface area contributed by atoms with Gasteiger partial charge in [0.2, 0.25) is 5.91 Å². The quantitative estimate of drug-likeness (QED) is 0.818. The van der Waals surface area contributed by atoms with Crippen LogP contribution in [0.25, 0.3) is 0 Å². The van der Waals surface area contributed by atoms with Crippen LogP contribution in [-0.2, 0) is 4.79 Å². The molecule has 3 heteroatoms. The Kier molecular flexibility index (Phi) is 5.20. The monoisotopic (exact) mass is 254 g/mol. The summed E-state index contributed by atoms with van der Waals surface area (Å²) in [5, 5.41) is 3.28. The predicted octanol–water partition coefficient (Wildman–Crippen LogP) is 2.80. The summed E-state index contributed by atoms with van der Waals surface area (Å²) >= 11 is 0. The molecule has 1 rings (SSSR count). The summed E-state index contributed by atoms with van der Waals surface area (Å²) < 4.78 is 0. The number of carbonyl (C=O) groups is 1. The van der Waals surface area contributed by atoms with Gasteiger partial charge in [0.25, 0.3) is 0 Å². The summed E-state index contributed by atoms with van der Waals surface area (Å²) in [5.74, 6) is 0.255. The van der Waals surface area contributed by atoms with Crippen molar-refractivity contribution in [3.05, 3.63) is 0 Å². The molecule has 0 aromatic rings. The number of amides is 1. The fourth-order valence-electron chi connectivity index (χ4n) is 3.05. The molecule has 0 spiro atoms. The summed E-state index contributed by atoms with van der Waals surface area (Å²) in [4.78, 5) is 14.5. The van der Waals surface area contributed by atoms with Crippen LogP contribution >= 0.6 is 0 Å². The van der Waals surface area contributed by atoms with E-state index in [4.69, 9.17) is 0 Å². The lowest BCUT2D eigenvalue weighted by molar-refractivity contribution is -0.139. The minimum absolute atomic E-state index is 0.255. The molecule has 1 aliphatic rings. The van der Waals surface area contributed by atoms with Gasteiger partial charge in [-0.2, -0.15) is 0 Å². The van der Waals surface area contributed by atoms with Crippen LogP contribution in [0.5, 0.6) is 0 Å². The molecule has 0 bridgehead atoms. The number of piperidine rings is 1. The first kappa shape index (κ1) is 15.5. The SMILES string of the molecule is CCNC(C)(C)C(=O)N1CCC(CC)(CC)CC1. The normalized spacial score (nSPS) is 19.9. The molecule has 0 unspecified atom stereocenters. The highest BCUT2D eigenvalue weighted by atomic mass is 16.2. The molecule has 18 heavy (non-hydrogen) atoms. The molecular weight excluding hydrogens is 224 g/mol. The summed E-state index contributed by atoms with van der Waals surface area (Å²) in [5.41, 5.74) is 0.0618. The van der Waals surface area contributed by atoms with Crippen LogP contribution in [0.15, 0.2) is 0 Å². The average molecular weight is 254 g/mol. The van der Waals surface area contributed by atoms with E-state index in [1.165, 1.54) is 12.8 Å². The molecule has 0 radical (unpaired) electrons. The number of hydrogen-bond acceptors (Lipinski definition) is 2. The summed E-state index contributed by atoms with van der Waals surface area (Å²) in [6.07, 6.45) is 4.80. The lowest BCUT2D eigenvalue weighted by Crippen LogP contribution is -2.56. The number of carbonyl (C=O) groups excluding carboxylic acids is 1. The molecule has 0 saturated carbocycles. The minimum Gasteiger partial charge on any atom is -0.341 e. The van der Waals surface area contributed by atoms with Crippen molar-refractivity contribution in [1.29, 1.82) is 0 Å². The van der Waals surface area contributed by atoms with Gasteiger partial charge in [0.15, 0.2) is 0 Å². The molecule has 1 N–H and O–H groups in total. The first-order valence-corrected chi connectivity index (χ1v) is 7.45. The number of nitrogens with one attached hydrogen (secondary N) is 1. The molecule has 106 valence electrons. The average Bonchev–Trinajstić information content (AvgIpc) is 2.38. The predicted molar refractivity (Wildman–Crippen MR) is 76.6 cm³/mol. The number of rotatable bonds is 5. The molecule has 0 aromatic heterocycles. The standard InChI is InChI=1S/C15H30N2O/c1-6-15(7-2)9-11-17(12-10-15)13(18)14(4,5)16-8-3/h16H,6-12H2,1-5H3. The lowest BCUT2D eigenvalue weighted by Gasteiger charge is -2.43. The second-order valence-electron chi connectivity index (χ2n) is 6.15. The number of likely N-dealkylation sites (N-methyl/N-ethyl adjacent to an activating group) is 1. The lowest BCUT2D eigenvalue weighted by atomic mass is 9.74. The van der Waals surface area contributed by atoms with Crippen LogP contribution in [0.2, 0.25) is 0 Å². The Morgan fingerprint density at radius 2 is 1.67 bits per heavy atom. The van der Waals surface area contributed by atoms with Crippen molar-refractivity contribution in [1.82, 2.24) is 10.2 Å². The largest absolute Gasteiger partial charge is 0.341 e. The third kappa shape index (κ3) is 3.25. The maximum Gasteiger partial charge on any atom is 0.242 e. The van der Waals surface area contributed by atoms with Crippen molar-refractivity contribution in [2.45, 2.75) is 65.8 Å². The van der Waals surface area contributed by atoms with Crippen molar-refractivity contribution in [3.8, 4) is 0 Å². The molecule has 3 nitrogen and oxygen atoms in total. The van der Waals surface area contributed by atoms with Gasteiger partial charge in [0.05, 0.1) is 5.54 Å². The maximum absolute atomic E-state index is 12.5. The van der Waals surface area contributed by atoms with Gasteiger partial charge in [-0.25, -0.2) is 0 Å². The summed E-state index contributed by atoms with van der Waals surface area (Å²) in [6, 6.07) is 0. The first-order chi connectivity index (χ1) is 8.40. The smallest absolute Gasteiger partial charge is 0.242 e. The van der Waals surface area contributed by atoms with Crippen LogP contribution in [-0.4, -0.2) is 36.0 Å². The second-order valence-corrected chi connectivity index (χ2v) is 6.15. The second kappa shape index (κ2) is 6.05. The first-order valence-electron chi connectivity index (χ1n) is 7.45. The fourth-order valence-corrected chi connectivity index (χ4v) is 3.05. The van der Waals surface area contributed by atoms with E-state index in [2.05, 4.69) is 19.2 Å². The van der Waals surface area contributed by atoms with Crippen molar-refractivity contribution in [3.63, 3.8) is 0 Å². The van der Waals surface area contributed by atoms with Gasteiger partial charge in [-0.3, -0.25) is 4.79 Å². The maximum atomic E-state index is 12.5. The Morgan fingerprint density at radius 1 is 1.17 bits per heavy atom. The van der Waals surface area contributed by atoms with Crippen LogP contribution in [0, 0.1) is 5.41 Å². The van der Waals surface area contributed by atoms with Crippen molar-refractivity contribution in [2.75, 3.05) is 19.6 Å². The zero-order valence-electron chi connectivity index (χ0n) is 12.8. The number of likely N-dealkylation sites (tertiary alicyclic amines) is 1. The van der Waals surface area contributed by atoms with E-state index >= 15 is 0 Å². The molecule has 0 atom stereocenters. The molecule has 1 saturated heterocycles. The van der Waals surface area contributed by atoms with E-state index in [0.717, 1.165) is 32.5 Å². The zero-order chi connectivity index (χ0) is 13.8. The molecule has 1 aliphatic heterocycles. The molecule has 1 fully saturated rings. The van der Waals surface area contributed by atoms with Crippen LogP contribution < -0.4 is 5.32 Å². The molecule has 1 heterocycles. The summed E-state index contributed by atoms with van der Waals surface area (Å²) in [6.45, 7) is 13.3. The van der Waals surface area contributed by atoms with E-state index in [-0.39, 0.29) is 5.91 Å². The van der Waals surface area contributed by atoms with Crippen LogP contribution in [0.3, 0.4) is 0 Å². The summed E-state index contributed by atoms with van der Waals surface area (Å²) in [7, 11) is 0. The van der Waals surface area contributed by atoms with Crippen LogP contribution in [0.1, 0.15) is 60.3 Å². The Bertz CT molecular complexity index is 272. The molecule has 0 aromatic carbocycles. The van der Waals surface area contributed by atoms with E-state index in [1.807, 2.05) is 25.7 Å². The highest BCUT2D eigenvalue weighted by Crippen LogP contribution is 2.38. The Morgan fingerprint density at radius 3 is 2.06 bits per heavy atom. The third-order valence-corrected chi connectivity index (χ3v) is 4.76. The van der Waals surface area contributed by atoms with Gasteiger partial charge in [0.1, 0.15) is 0 Å². The third-order valence-electron chi connectivity index (χ3n) is 4.76. The van der Waals surface area contributed by atoms with Gasteiger partial charge >= 0.3 is 0 Å². The number of nitrogens with zero attached hydrogens (tertiary/aromatic N) is 1. The van der Waals surface area contributed by atoms with Gasteiger partial charge in [-0.15, -0.1) is 0 Å². The van der Waals surface area contributed by atoms with Crippen molar-refractivity contribution >= 4 is 5.91 Å². The van der Waals surface area contributed by atoms with E-state index in [1.54, 1.807) is 0 Å². The van der Waals surface area contributed by atoms with Gasteiger partial charge in [-0.05, 0) is 38.6 Å². The van der Waals surface area contributed by atoms with Gasteiger partial charge in [0, 0.05) is 13.1 Å². The Hall–Kier alpha value is -0.570. The molecule has 1 amide bonds. The van der Waals surface area contributed by atoms with E-state index < -0.39 is 5.54 Å². The minimum atomic E-state index is -0.423. The van der Waals surface area contributed by atoms with Crippen LogP contribution in [0.4, 0.5) is 0 Å². The highest BCUT2D eigenvalue weighted by molar-refractivity contribution is 5.85. The van der Waals surface area contributed by atoms with Crippen molar-refractivity contribution < 1.29 is 4.79 Å². The molecular formula is C15H30N2O. The Balaban J connectivity index is 2.60.